The Kier molecular flexibility index (Phi) is 6.06. The van der Waals surface area contributed by atoms with Gasteiger partial charge >= 0.3 is 0 Å². The maximum atomic E-state index is 5.77. The molecule has 0 saturated heterocycles. The monoisotopic (exact) mass is 235 g/mol. The molecule has 2 heteroatoms. The molecule has 0 heterocycles. The van der Waals surface area contributed by atoms with Crippen LogP contribution >= 0.6 is 0 Å². The van der Waals surface area contributed by atoms with E-state index in [9.17, 15) is 0 Å². The van der Waals surface area contributed by atoms with Crippen molar-refractivity contribution in [3.8, 4) is 5.75 Å². The van der Waals surface area contributed by atoms with Crippen molar-refractivity contribution in [2.45, 2.75) is 53.1 Å². The topological polar surface area (TPSA) is 21.3 Å². The van der Waals surface area contributed by atoms with Crippen LogP contribution in [0.2, 0.25) is 0 Å². The lowest BCUT2D eigenvalue weighted by Gasteiger charge is -2.15. The second-order valence-electron chi connectivity index (χ2n) is 4.65. The fraction of sp³-hybridized carbons (Fsp3) is 0.600. The van der Waals surface area contributed by atoms with Gasteiger partial charge in [0.2, 0.25) is 0 Å². The number of hydrogen-bond donors (Lipinski definition) is 1. The summed E-state index contributed by atoms with van der Waals surface area (Å²) in [4.78, 5) is 0. The van der Waals surface area contributed by atoms with Crippen LogP contribution in [0.3, 0.4) is 0 Å². The minimum Gasteiger partial charge on any atom is -0.493 e. The van der Waals surface area contributed by atoms with Crippen LogP contribution in [0, 0.1) is 6.92 Å². The lowest BCUT2D eigenvalue weighted by atomic mass is 10.1. The van der Waals surface area contributed by atoms with Gasteiger partial charge in [-0.15, -0.1) is 0 Å². The van der Waals surface area contributed by atoms with E-state index in [1.807, 2.05) is 0 Å². The van der Waals surface area contributed by atoms with Crippen molar-refractivity contribution in [1.29, 1.82) is 0 Å². The molecule has 0 spiro atoms. The van der Waals surface area contributed by atoms with E-state index in [0.29, 0.717) is 6.04 Å². The normalized spacial score (nSPS) is 12.5. The highest BCUT2D eigenvalue weighted by molar-refractivity contribution is 5.36. The van der Waals surface area contributed by atoms with Crippen molar-refractivity contribution in [2.24, 2.45) is 0 Å². The second kappa shape index (κ2) is 7.33. The minimum atomic E-state index is 0.550. The molecule has 0 aromatic heterocycles. The Morgan fingerprint density at radius 3 is 2.71 bits per heavy atom. The number of benzene rings is 1. The lowest BCUT2D eigenvalue weighted by Crippen LogP contribution is -2.24. The van der Waals surface area contributed by atoms with Crippen molar-refractivity contribution >= 4 is 0 Å². The zero-order valence-corrected chi connectivity index (χ0v) is 11.5. The third kappa shape index (κ3) is 4.78. The average Bonchev–Trinajstić information content (AvgIpc) is 2.34. The highest BCUT2D eigenvalue weighted by Gasteiger charge is 2.05. The molecule has 0 aliphatic carbocycles. The largest absolute Gasteiger partial charge is 0.493 e. The Balaban J connectivity index is 2.69. The van der Waals surface area contributed by atoms with Crippen LogP contribution in [-0.2, 0) is 6.54 Å². The summed E-state index contributed by atoms with van der Waals surface area (Å²) in [6.07, 6.45) is 2.20. The van der Waals surface area contributed by atoms with Crippen molar-refractivity contribution in [3.63, 3.8) is 0 Å². The Morgan fingerprint density at radius 1 is 1.29 bits per heavy atom. The van der Waals surface area contributed by atoms with Crippen LogP contribution in [0.15, 0.2) is 18.2 Å². The minimum absolute atomic E-state index is 0.550. The highest BCUT2D eigenvalue weighted by atomic mass is 16.5. The highest BCUT2D eigenvalue weighted by Crippen LogP contribution is 2.20. The smallest absolute Gasteiger partial charge is 0.123 e. The van der Waals surface area contributed by atoms with Gasteiger partial charge in [-0.05, 0) is 32.8 Å². The van der Waals surface area contributed by atoms with Crippen LogP contribution in [0.1, 0.15) is 44.7 Å². The molecular weight excluding hydrogens is 210 g/mol. The fourth-order valence-corrected chi connectivity index (χ4v) is 1.63. The van der Waals surface area contributed by atoms with Crippen molar-refractivity contribution in [3.05, 3.63) is 29.3 Å². The number of rotatable bonds is 7. The third-order valence-electron chi connectivity index (χ3n) is 2.93. The van der Waals surface area contributed by atoms with E-state index in [2.05, 4.69) is 51.2 Å². The van der Waals surface area contributed by atoms with Gasteiger partial charge in [0.25, 0.3) is 0 Å². The Labute approximate surface area is 105 Å². The molecule has 0 aliphatic heterocycles. The summed E-state index contributed by atoms with van der Waals surface area (Å²) < 4.78 is 5.77. The number of hydrogen-bond acceptors (Lipinski definition) is 2. The first-order valence-electron chi connectivity index (χ1n) is 6.63. The first-order chi connectivity index (χ1) is 8.17. The van der Waals surface area contributed by atoms with Gasteiger partial charge in [-0.3, -0.25) is 0 Å². The summed E-state index contributed by atoms with van der Waals surface area (Å²) >= 11 is 0. The van der Waals surface area contributed by atoms with Gasteiger partial charge in [0.1, 0.15) is 5.75 Å². The number of nitrogens with one attached hydrogen (secondary N) is 1. The van der Waals surface area contributed by atoms with E-state index in [1.165, 1.54) is 11.1 Å². The second-order valence-corrected chi connectivity index (χ2v) is 4.65. The molecule has 0 amide bonds. The predicted octanol–water partition coefficient (Wildman–Crippen LogP) is 3.67. The van der Waals surface area contributed by atoms with Crippen LogP contribution in [-0.4, -0.2) is 12.6 Å². The molecule has 0 fully saturated rings. The maximum absolute atomic E-state index is 5.77. The molecule has 1 atom stereocenters. The molecule has 0 radical (unpaired) electrons. The summed E-state index contributed by atoms with van der Waals surface area (Å²) in [6.45, 7) is 10.3. The summed E-state index contributed by atoms with van der Waals surface area (Å²) in [5, 5.41) is 3.51. The van der Waals surface area contributed by atoms with Crippen molar-refractivity contribution in [2.75, 3.05) is 6.61 Å². The van der Waals surface area contributed by atoms with E-state index in [0.717, 1.165) is 31.7 Å². The van der Waals surface area contributed by atoms with Gasteiger partial charge in [0.05, 0.1) is 6.61 Å². The van der Waals surface area contributed by atoms with Gasteiger partial charge in [-0.2, -0.15) is 0 Å². The summed E-state index contributed by atoms with van der Waals surface area (Å²) in [7, 11) is 0. The molecule has 96 valence electrons. The predicted molar refractivity (Wildman–Crippen MR) is 73.6 cm³/mol. The molecule has 2 nitrogen and oxygen atoms in total. The van der Waals surface area contributed by atoms with Gasteiger partial charge < -0.3 is 10.1 Å². The fourth-order valence-electron chi connectivity index (χ4n) is 1.63. The first kappa shape index (κ1) is 14.0. The van der Waals surface area contributed by atoms with E-state index in [-0.39, 0.29) is 0 Å². The summed E-state index contributed by atoms with van der Waals surface area (Å²) in [5.41, 5.74) is 2.55. The lowest BCUT2D eigenvalue weighted by molar-refractivity contribution is 0.312. The molecule has 1 aromatic carbocycles. The molecule has 1 aromatic rings. The first-order valence-corrected chi connectivity index (χ1v) is 6.63. The van der Waals surface area contributed by atoms with Crippen molar-refractivity contribution in [1.82, 2.24) is 5.32 Å². The van der Waals surface area contributed by atoms with Gasteiger partial charge in [-0.1, -0.05) is 31.5 Å². The average molecular weight is 235 g/mol. The molecule has 1 N–H and O–H groups in total. The molecule has 0 bridgehead atoms. The van der Waals surface area contributed by atoms with E-state index in [4.69, 9.17) is 4.74 Å². The van der Waals surface area contributed by atoms with Crippen LogP contribution in [0.5, 0.6) is 5.75 Å². The van der Waals surface area contributed by atoms with Gasteiger partial charge in [-0.25, -0.2) is 0 Å². The molecular formula is C15H25NO. The number of ether oxygens (including phenoxy) is 1. The van der Waals surface area contributed by atoms with Gasteiger partial charge in [0.15, 0.2) is 0 Å². The Hall–Kier alpha value is -1.02. The van der Waals surface area contributed by atoms with E-state index >= 15 is 0 Å². The SMILES string of the molecule is CCCOc1ccc(C)cc1CNC(C)CC. The Morgan fingerprint density at radius 2 is 2.06 bits per heavy atom. The van der Waals surface area contributed by atoms with Crippen LogP contribution in [0.25, 0.3) is 0 Å². The Bertz CT molecular complexity index is 336. The van der Waals surface area contributed by atoms with Crippen LogP contribution in [0.4, 0.5) is 0 Å². The van der Waals surface area contributed by atoms with E-state index in [1.54, 1.807) is 0 Å². The molecule has 1 unspecified atom stereocenters. The molecule has 0 saturated carbocycles. The standard InChI is InChI=1S/C15H25NO/c1-5-9-17-15-8-7-12(3)10-14(15)11-16-13(4)6-2/h7-8,10,13,16H,5-6,9,11H2,1-4H3. The number of aryl methyl sites for hydroxylation is 1. The van der Waals surface area contributed by atoms with E-state index < -0.39 is 0 Å². The quantitative estimate of drug-likeness (QED) is 0.778. The summed E-state index contributed by atoms with van der Waals surface area (Å²) in [5.74, 6) is 1.02. The third-order valence-corrected chi connectivity index (χ3v) is 2.93. The zero-order valence-electron chi connectivity index (χ0n) is 11.5. The molecule has 0 aliphatic rings. The van der Waals surface area contributed by atoms with Gasteiger partial charge in [0, 0.05) is 18.2 Å². The maximum Gasteiger partial charge on any atom is 0.123 e. The molecule has 17 heavy (non-hydrogen) atoms. The zero-order chi connectivity index (χ0) is 12.7. The molecule has 1 rings (SSSR count). The van der Waals surface area contributed by atoms with Crippen LogP contribution < -0.4 is 10.1 Å². The van der Waals surface area contributed by atoms with Crippen molar-refractivity contribution < 1.29 is 4.74 Å². The summed E-state index contributed by atoms with van der Waals surface area (Å²) in [6, 6.07) is 6.95.